The van der Waals surface area contributed by atoms with Crippen molar-refractivity contribution in [2.45, 2.75) is 45.1 Å². The third-order valence-electron chi connectivity index (χ3n) is 5.01. The number of halogens is 1. The van der Waals surface area contributed by atoms with Gasteiger partial charge in [0.25, 0.3) is 0 Å². The van der Waals surface area contributed by atoms with Crippen molar-refractivity contribution in [2.75, 3.05) is 33.2 Å². The Labute approximate surface area is 179 Å². The number of guanidine groups is 1. The molecule has 27 heavy (non-hydrogen) atoms. The van der Waals surface area contributed by atoms with Gasteiger partial charge in [0.1, 0.15) is 5.82 Å². The minimum atomic E-state index is 0. The summed E-state index contributed by atoms with van der Waals surface area (Å²) in [7, 11) is 1.83. The summed E-state index contributed by atoms with van der Waals surface area (Å²) >= 11 is 0. The van der Waals surface area contributed by atoms with Gasteiger partial charge in [0.2, 0.25) is 0 Å². The number of unbranched alkanes of at least 4 members (excludes halogenated alkanes) is 1. The fraction of sp³-hybridized carbons (Fsp3) is 0.632. The number of nitrogens with zero attached hydrogens (tertiary/aromatic N) is 5. The van der Waals surface area contributed by atoms with Gasteiger partial charge in [0.15, 0.2) is 11.6 Å². The molecule has 8 heteroatoms. The van der Waals surface area contributed by atoms with Crippen LogP contribution in [0.4, 0.5) is 0 Å². The van der Waals surface area contributed by atoms with Crippen molar-refractivity contribution in [1.29, 1.82) is 0 Å². The van der Waals surface area contributed by atoms with Gasteiger partial charge in [-0.2, -0.15) is 0 Å². The zero-order valence-electron chi connectivity index (χ0n) is 16.4. The fourth-order valence-corrected chi connectivity index (χ4v) is 3.42. The number of fused-ring (bicyclic) bond motifs is 1. The molecule has 0 aromatic carbocycles. The highest BCUT2D eigenvalue weighted by Gasteiger charge is 2.19. The first-order chi connectivity index (χ1) is 12.8. The molecule has 1 aliphatic heterocycles. The van der Waals surface area contributed by atoms with E-state index in [0.717, 1.165) is 30.4 Å². The van der Waals surface area contributed by atoms with E-state index in [2.05, 4.69) is 37.6 Å². The average molecular weight is 485 g/mol. The highest BCUT2D eigenvalue weighted by molar-refractivity contribution is 14.0. The molecule has 0 saturated carbocycles. The van der Waals surface area contributed by atoms with Crippen LogP contribution in [0.5, 0.6) is 0 Å². The lowest BCUT2D eigenvalue weighted by Gasteiger charge is -2.33. The van der Waals surface area contributed by atoms with Crippen LogP contribution >= 0.6 is 24.0 Å². The average Bonchev–Trinajstić information content (AvgIpc) is 3.10. The molecule has 0 unspecified atom stereocenters. The second-order valence-electron chi connectivity index (χ2n) is 6.91. The summed E-state index contributed by atoms with van der Waals surface area (Å²) in [5.74, 6) is 1.85. The van der Waals surface area contributed by atoms with Gasteiger partial charge in [0, 0.05) is 45.3 Å². The van der Waals surface area contributed by atoms with Crippen LogP contribution in [0.25, 0.3) is 5.65 Å². The van der Waals surface area contributed by atoms with Crippen LogP contribution in [-0.4, -0.2) is 64.7 Å². The Morgan fingerprint density at radius 3 is 2.81 bits per heavy atom. The van der Waals surface area contributed by atoms with E-state index in [0.29, 0.717) is 6.04 Å². The number of piperidine rings is 1. The molecule has 1 aliphatic rings. The van der Waals surface area contributed by atoms with Crippen LogP contribution in [0.15, 0.2) is 29.4 Å². The number of rotatable bonds is 7. The van der Waals surface area contributed by atoms with Gasteiger partial charge < -0.3 is 15.5 Å². The number of pyridine rings is 1. The molecule has 0 radical (unpaired) electrons. The van der Waals surface area contributed by atoms with Crippen molar-refractivity contribution < 1.29 is 0 Å². The molecule has 0 bridgehead atoms. The monoisotopic (exact) mass is 485 g/mol. The number of likely N-dealkylation sites (tertiary alicyclic amines) is 1. The third-order valence-corrected chi connectivity index (χ3v) is 5.01. The van der Waals surface area contributed by atoms with Gasteiger partial charge >= 0.3 is 0 Å². The quantitative estimate of drug-likeness (QED) is 0.358. The Bertz CT molecular complexity index is 707. The van der Waals surface area contributed by atoms with Crippen LogP contribution in [-0.2, 0) is 6.42 Å². The maximum atomic E-state index is 4.37. The summed E-state index contributed by atoms with van der Waals surface area (Å²) in [6.45, 7) is 6.64. The summed E-state index contributed by atoms with van der Waals surface area (Å²) in [5.41, 5.74) is 0.889. The topological polar surface area (TPSA) is 69.8 Å². The molecule has 0 aliphatic carbocycles. The van der Waals surface area contributed by atoms with E-state index in [4.69, 9.17) is 0 Å². The maximum absolute atomic E-state index is 4.37. The number of nitrogens with one attached hydrogen (secondary N) is 2. The Hall–Kier alpha value is -1.42. The lowest BCUT2D eigenvalue weighted by atomic mass is 10.0. The minimum absolute atomic E-state index is 0. The van der Waals surface area contributed by atoms with Gasteiger partial charge in [0.05, 0.1) is 0 Å². The summed E-state index contributed by atoms with van der Waals surface area (Å²) in [5, 5.41) is 15.4. The van der Waals surface area contributed by atoms with Crippen molar-refractivity contribution >= 4 is 35.6 Å². The van der Waals surface area contributed by atoms with E-state index < -0.39 is 0 Å². The highest BCUT2D eigenvalue weighted by atomic mass is 127. The zero-order chi connectivity index (χ0) is 18.2. The van der Waals surface area contributed by atoms with E-state index in [1.807, 2.05) is 35.8 Å². The van der Waals surface area contributed by atoms with Crippen LogP contribution < -0.4 is 10.6 Å². The molecule has 7 nitrogen and oxygen atoms in total. The number of hydrogen-bond donors (Lipinski definition) is 2. The van der Waals surface area contributed by atoms with Crippen molar-refractivity contribution in [1.82, 2.24) is 30.1 Å². The molecule has 0 atom stereocenters. The first-order valence-corrected chi connectivity index (χ1v) is 9.78. The van der Waals surface area contributed by atoms with Crippen molar-refractivity contribution in [3.05, 3.63) is 30.2 Å². The maximum Gasteiger partial charge on any atom is 0.191 e. The largest absolute Gasteiger partial charge is 0.356 e. The van der Waals surface area contributed by atoms with Gasteiger partial charge in [-0.15, -0.1) is 34.2 Å². The number of aromatic nitrogens is 3. The molecule has 2 aromatic heterocycles. The summed E-state index contributed by atoms with van der Waals surface area (Å²) in [6, 6.07) is 6.46. The molecule has 2 aromatic rings. The zero-order valence-corrected chi connectivity index (χ0v) is 18.7. The number of aliphatic imine (C=N–C) groups is 1. The molecule has 150 valence electrons. The van der Waals surface area contributed by atoms with E-state index in [1.165, 1.54) is 45.3 Å². The first kappa shape index (κ1) is 21.9. The fourth-order valence-electron chi connectivity index (χ4n) is 3.42. The van der Waals surface area contributed by atoms with Gasteiger partial charge in [-0.25, -0.2) is 0 Å². The van der Waals surface area contributed by atoms with Crippen LogP contribution in [0.3, 0.4) is 0 Å². The van der Waals surface area contributed by atoms with Gasteiger partial charge in [-0.3, -0.25) is 9.39 Å². The molecule has 2 N–H and O–H groups in total. The van der Waals surface area contributed by atoms with Crippen molar-refractivity contribution in [3.8, 4) is 0 Å². The SMILES string of the molecule is CCCCN1CCC(NC(=NC)NCCc2nnc3ccccn23)CC1.I. The van der Waals surface area contributed by atoms with E-state index in [-0.39, 0.29) is 24.0 Å². The minimum Gasteiger partial charge on any atom is -0.356 e. The van der Waals surface area contributed by atoms with Crippen LogP contribution in [0, 0.1) is 0 Å². The first-order valence-electron chi connectivity index (χ1n) is 9.78. The predicted octanol–water partition coefficient (Wildman–Crippen LogP) is 2.32. The second-order valence-corrected chi connectivity index (χ2v) is 6.91. The lowest BCUT2D eigenvalue weighted by Crippen LogP contribution is -2.49. The van der Waals surface area contributed by atoms with Crippen LogP contribution in [0.1, 0.15) is 38.4 Å². The molecule has 1 saturated heterocycles. The Kier molecular flexibility index (Phi) is 9.26. The normalized spacial score (nSPS) is 16.3. The van der Waals surface area contributed by atoms with Crippen molar-refractivity contribution in [3.63, 3.8) is 0 Å². The summed E-state index contributed by atoms with van der Waals surface area (Å²) in [4.78, 5) is 6.95. The van der Waals surface area contributed by atoms with E-state index in [1.54, 1.807) is 0 Å². The Morgan fingerprint density at radius 2 is 2.07 bits per heavy atom. The predicted molar refractivity (Wildman–Crippen MR) is 121 cm³/mol. The molecular weight excluding hydrogens is 453 g/mol. The molecule has 1 fully saturated rings. The van der Waals surface area contributed by atoms with E-state index >= 15 is 0 Å². The highest BCUT2D eigenvalue weighted by Crippen LogP contribution is 2.11. The van der Waals surface area contributed by atoms with Gasteiger partial charge in [-0.1, -0.05) is 19.4 Å². The second kappa shape index (κ2) is 11.4. The number of hydrogen-bond acceptors (Lipinski definition) is 4. The Morgan fingerprint density at radius 1 is 1.26 bits per heavy atom. The molecular formula is C19H32IN7. The molecule has 0 amide bonds. The standard InChI is InChI=1S/C19H31N7.HI/c1-3-4-12-25-14-9-16(10-15-25)22-19(20-2)21-11-8-18-24-23-17-7-5-6-13-26(17)18;/h5-7,13,16H,3-4,8-12,14-15H2,1-2H3,(H2,20,21,22);1H. The Balaban J connectivity index is 0.00000261. The molecule has 0 spiro atoms. The molecule has 3 heterocycles. The lowest BCUT2D eigenvalue weighted by molar-refractivity contribution is 0.203. The van der Waals surface area contributed by atoms with E-state index in [9.17, 15) is 0 Å². The summed E-state index contributed by atoms with van der Waals surface area (Å²) in [6.07, 6.45) is 7.75. The molecule has 3 rings (SSSR count). The van der Waals surface area contributed by atoms with Gasteiger partial charge in [-0.05, 0) is 37.9 Å². The summed E-state index contributed by atoms with van der Waals surface area (Å²) < 4.78 is 2.03. The smallest absolute Gasteiger partial charge is 0.191 e. The van der Waals surface area contributed by atoms with Crippen molar-refractivity contribution in [2.24, 2.45) is 4.99 Å². The third kappa shape index (κ3) is 6.31. The van der Waals surface area contributed by atoms with Crippen LogP contribution in [0.2, 0.25) is 0 Å².